The largest absolute Gasteiger partial charge is 0.336 e. The minimum Gasteiger partial charge on any atom is -0.336 e. The van der Waals surface area contributed by atoms with Gasteiger partial charge in [-0.1, -0.05) is 29.3 Å². The van der Waals surface area contributed by atoms with Gasteiger partial charge in [0.15, 0.2) is 0 Å². The zero-order valence-electron chi connectivity index (χ0n) is 11.3. The molecule has 1 amide bonds. The van der Waals surface area contributed by atoms with Crippen molar-refractivity contribution in [1.82, 2.24) is 14.7 Å². The van der Waals surface area contributed by atoms with Gasteiger partial charge in [0.1, 0.15) is 0 Å². The summed E-state index contributed by atoms with van der Waals surface area (Å²) in [6.07, 6.45) is 1.73. The Kier molecular flexibility index (Phi) is 4.68. The van der Waals surface area contributed by atoms with Gasteiger partial charge in [-0.05, 0) is 25.1 Å². The monoisotopic (exact) mass is 311 g/mol. The van der Waals surface area contributed by atoms with Gasteiger partial charge in [-0.2, -0.15) is 5.10 Å². The van der Waals surface area contributed by atoms with Gasteiger partial charge in [0.05, 0.1) is 27.8 Å². The maximum atomic E-state index is 12.4. The van der Waals surface area contributed by atoms with Gasteiger partial charge in [-0.25, -0.2) is 0 Å². The maximum absolute atomic E-state index is 12.4. The highest BCUT2D eigenvalue weighted by Gasteiger charge is 2.17. The first-order valence-corrected chi connectivity index (χ1v) is 7.00. The SMILES string of the molecule is CCn1nccc1CN(C)C(=O)c1cccc(Cl)c1Cl. The predicted octanol–water partition coefficient (Wildman–Crippen LogP) is 3.48. The minimum atomic E-state index is -0.165. The van der Waals surface area contributed by atoms with Gasteiger partial charge in [0.2, 0.25) is 0 Å². The van der Waals surface area contributed by atoms with E-state index in [1.807, 2.05) is 17.7 Å². The lowest BCUT2D eigenvalue weighted by atomic mass is 10.2. The van der Waals surface area contributed by atoms with E-state index in [0.717, 1.165) is 12.2 Å². The molecule has 0 saturated carbocycles. The van der Waals surface area contributed by atoms with Gasteiger partial charge in [0.25, 0.3) is 5.91 Å². The Labute approximate surface area is 127 Å². The third kappa shape index (κ3) is 2.97. The summed E-state index contributed by atoms with van der Waals surface area (Å²) >= 11 is 12.0. The van der Waals surface area contributed by atoms with Gasteiger partial charge >= 0.3 is 0 Å². The van der Waals surface area contributed by atoms with Crippen molar-refractivity contribution in [3.05, 3.63) is 51.8 Å². The third-order valence-electron chi connectivity index (χ3n) is 3.03. The molecule has 106 valence electrons. The van der Waals surface area contributed by atoms with Crippen LogP contribution in [0.1, 0.15) is 23.0 Å². The molecule has 0 unspecified atom stereocenters. The van der Waals surface area contributed by atoms with Crippen LogP contribution in [0.25, 0.3) is 0 Å². The second kappa shape index (κ2) is 6.29. The molecule has 2 rings (SSSR count). The van der Waals surface area contributed by atoms with Crippen molar-refractivity contribution in [3.63, 3.8) is 0 Å². The van der Waals surface area contributed by atoms with E-state index in [4.69, 9.17) is 23.2 Å². The Balaban J connectivity index is 2.19. The molecule has 0 saturated heterocycles. The van der Waals surface area contributed by atoms with Crippen LogP contribution in [-0.2, 0) is 13.1 Å². The number of carbonyl (C=O) groups excluding carboxylic acids is 1. The molecule has 20 heavy (non-hydrogen) atoms. The summed E-state index contributed by atoms with van der Waals surface area (Å²) in [6.45, 7) is 3.24. The fraction of sp³-hybridized carbons (Fsp3) is 0.286. The van der Waals surface area contributed by atoms with Crippen LogP contribution in [0.2, 0.25) is 10.0 Å². The molecule has 0 bridgehead atoms. The highest BCUT2D eigenvalue weighted by Crippen LogP contribution is 2.26. The number of nitrogens with zero attached hydrogens (tertiary/aromatic N) is 3. The Morgan fingerprint density at radius 1 is 1.35 bits per heavy atom. The van der Waals surface area contributed by atoms with Crippen molar-refractivity contribution in [1.29, 1.82) is 0 Å². The molecule has 0 aliphatic carbocycles. The van der Waals surface area contributed by atoms with Crippen molar-refractivity contribution in [2.45, 2.75) is 20.0 Å². The second-order valence-corrected chi connectivity index (χ2v) is 5.19. The number of rotatable bonds is 4. The number of halogens is 2. The van der Waals surface area contributed by atoms with Crippen LogP contribution in [0.5, 0.6) is 0 Å². The van der Waals surface area contributed by atoms with Gasteiger partial charge in [0, 0.05) is 19.8 Å². The quantitative estimate of drug-likeness (QED) is 0.867. The molecule has 2 aromatic rings. The summed E-state index contributed by atoms with van der Waals surface area (Å²) in [7, 11) is 1.73. The summed E-state index contributed by atoms with van der Waals surface area (Å²) < 4.78 is 1.85. The Morgan fingerprint density at radius 3 is 2.80 bits per heavy atom. The number of hydrogen-bond acceptors (Lipinski definition) is 2. The van der Waals surface area contributed by atoms with Crippen LogP contribution in [-0.4, -0.2) is 27.6 Å². The van der Waals surface area contributed by atoms with Gasteiger partial charge in [-0.15, -0.1) is 0 Å². The average Bonchev–Trinajstić information content (AvgIpc) is 2.88. The summed E-state index contributed by atoms with van der Waals surface area (Å²) in [6, 6.07) is 6.94. The topological polar surface area (TPSA) is 38.1 Å². The van der Waals surface area contributed by atoms with Crippen LogP contribution in [0.15, 0.2) is 30.5 Å². The highest BCUT2D eigenvalue weighted by molar-refractivity contribution is 6.43. The predicted molar refractivity (Wildman–Crippen MR) is 80.2 cm³/mol. The number of aromatic nitrogens is 2. The molecule has 1 heterocycles. The van der Waals surface area contributed by atoms with Crippen LogP contribution in [0.4, 0.5) is 0 Å². The van der Waals surface area contributed by atoms with E-state index in [9.17, 15) is 4.79 Å². The van der Waals surface area contributed by atoms with Crippen molar-refractivity contribution in [2.75, 3.05) is 7.05 Å². The minimum absolute atomic E-state index is 0.165. The van der Waals surface area contributed by atoms with Crippen molar-refractivity contribution in [2.24, 2.45) is 0 Å². The smallest absolute Gasteiger partial charge is 0.255 e. The summed E-state index contributed by atoms with van der Waals surface area (Å²) in [4.78, 5) is 14.0. The van der Waals surface area contributed by atoms with E-state index >= 15 is 0 Å². The molecule has 6 heteroatoms. The van der Waals surface area contributed by atoms with Crippen LogP contribution in [0.3, 0.4) is 0 Å². The lowest BCUT2D eigenvalue weighted by Gasteiger charge is -2.18. The second-order valence-electron chi connectivity index (χ2n) is 4.40. The lowest BCUT2D eigenvalue weighted by Crippen LogP contribution is -2.27. The fourth-order valence-electron chi connectivity index (χ4n) is 1.97. The number of carbonyl (C=O) groups is 1. The normalized spacial score (nSPS) is 10.6. The van der Waals surface area contributed by atoms with Crippen molar-refractivity contribution < 1.29 is 4.79 Å². The maximum Gasteiger partial charge on any atom is 0.255 e. The molecule has 0 N–H and O–H groups in total. The average molecular weight is 312 g/mol. The summed E-state index contributed by atoms with van der Waals surface area (Å²) in [5.41, 5.74) is 1.38. The lowest BCUT2D eigenvalue weighted by molar-refractivity contribution is 0.0781. The molecule has 0 radical (unpaired) electrons. The molecule has 0 spiro atoms. The molecule has 4 nitrogen and oxygen atoms in total. The number of hydrogen-bond donors (Lipinski definition) is 0. The van der Waals surface area contributed by atoms with Gasteiger partial charge in [-0.3, -0.25) is 9.48 Å². The van der Waals surface area contributed by atoms with Crippen molar-refractivity contribution >= 4 is 29.1 Å². The Morgan fingerprint density at radius 2 is 2.10 bits per heavy atom. The molecule has 0 atom stereocenters. The molecular weight excluding hydrogens is 297 g/mol. The van der Waals surface area contributed by atoms with E-state index in [1.165, 1.54) is 0 Å². The Hall–Kier alpha value is -1.52. The first kappa shape index (κ1) is 14.9. The third-order valence-corrected chi connectivity index (χ3v) is 3.85. The van der Waals surface area contributed by atoms with E-state index in [2.05, 4.69) is 5.10 Å². The van der Waals surface area contributed by atoms with E-state index in [0.29, 0.717) is 17.1 Å². The van der Waals surface area contributed by atoms with Crippen LogP contribution < -0.4 is 0 Å². The standard InChI is InChI=1S/C14H15Cl2N3O/c1-3-19-10(7-8-17-19)9-18(2)14(20)11-5-4-6-12(15)13(11)16/h4-8H,3,9H2,1-2H3. The highest BCUT2D eigenvalue weighted by atomic mass is 35.5. The molecular formula is C14H15Cl2N3O. The van der Waals surface area contributed by atoms with Crippen molar-refractivity contribution in [3.8, 4) is 0 Å². The molecule has 0 aliphatic heterocycles. The van der Waals surface area contributed by atoms with E-state index < -0.39 is 0 Å². The number of amides is 1. The zero-order chi connectivity index (χ0) is 14.7. The number of aryl methyl sites for hydroxylation is 1. The van der Waals surface area contributed by atoms with E-state index in [-0.39, 0.29) is 10.9 Å². The van der Waals surface area contributed by atoms with Crippen LogP contribution >= 0.6 is 23.2 Å². The van der Waals surface area contributed by atoms with E-state index in [1.54, 1.807) is 36.3 Å². The fourth-order valence-corrected chi connectivity index (χ4v) is 2.35. The van der Waals surface area contributed by atoms with Gasteiger partial charge < -0.3 is 4.90 Å². The first-order valence-electron chi connectivity index (χ1n) is 6.24. The molecule has 1 aromatic carbocycles. The molecule has 0 aliphatic rings. The van der Waals surface area contributed by atoms with Crippen LogP contribution in [0, 0.1) is 0 Å². The molecule has 0 fully saturated rings. The first-order chi connectivity index (χ1) is 9.54. The number of benzene rings is 1. The summed E-state index contributed by atoms with van der Waals surface area (Å²) in [5, 5.41) is 4.85. The Bertz CT molecular complexity index is 625. The zero-order valence-corrected chi connectivity index (χ0v) is 12.8. The molecule has 1 aromatic heterocycles. The summed E-state index contributed by atoms with van der Waals surface area (Å²) in [5.74, 6) is -0.165.